The molecule has 2 heterocycles. The highest BCUT2D eigenvalue weighted by atomic mass is 79.9. The van der Waals surface area contributed by atoms with E-state index in [4.69, 9.17) is 0 Å². The average Bonchev–Trinajstić information content (AvgIpc) is 2.84. The number of aromatic nitrogens is 4. The third-order valence-corrected chi connectivity index (χ3v) is 3.29. The molecule has 0 N–H and O–H groups in total. The van der Waals surface area contributed by atoms with Gasteiger partial charge in [0.2, 0.25) is 0 Å². The van der Waals surface area contributed by atoms with E-state index in [0.717, 1.165) is 0 Å². The Hall–Kier alpha value is -1.44. The van der Waals surface area contributed by atoms with Crippen molar-refractivity contribution in [3.63, 3.8) is 0 Å². The van der Waals surface area contributed by atoms with E-state index in [1.807, 2.05) is 0 Å². The van der Waals surface area contributed by atoms with Crippen molar-refractivity contribution in [1.29, 1.82) is 0 Å². The Morgan fingerprint density at radius 3 is 2.70 bits per heavy atom. The maximum Gasteiger partial charge on any atom is 0.391 e. The quantitative estimate of drug-likeness (QED) is 0.784. The van der Waals surface area contributed by atoms with Gasteiger partial charge in [-0.3, -0.25) is 0 Å². The molecule has 0 fully saturated rings. The lowest BCUT2D eigenvalue weighted by atomic mass is 10.1. The molecule has 0 radical (unpaired) electrons. The fraction of sp³-hybridized carbons (Fsp3) is 0.417. The molecule has 0 unspecified atom stereocenters. The maximum absolute atomic E-state index is 12.6. The summed E-state index contributed by atoms with van der Waals surface area (Å²) < 4.78 is 39.8. The summed E-state index contributed by atoms with van der Waals surface area (Å²) in [6.07, 6.45) is -3.49. The van der Waals surface area contributed by atoms with Crippen molar-refractivity contribution in [1.82, 2.24) is 19.7 Å². The fourth-order valence-corrected chi connectivity index (χ4v) is 2.28. The molecule has 0 bridgehead atoms. The number of alkyl halides is 3. The normalized spacial score (nSPS) is 13.4. The molecule has 2 aromatic rings. The van der Waals surface area contributed by atoms with Gasteiger partial charge in [-0.15, -0.1) is 10.2 Å². The largest absolute Gasteiger partial charge is 0.391 e. The van der Waals surface area contributed by atoms with Crippen LogP contribution in [0, 0.1) is 0 Å². The number of pyridine rings is 1. The van der Waals surface area contributed by atoms with Crippen molar-refractivity contribution in [2.45, 2.75) is 32.0 Å². The molecule has 108 valence electrons. The van der Waals surface area contributed by atoms with Crippen molar-refractivity contribution in [2.75, 3.05) is 0 Å². The van der Waals surface area contributed by atoms with Crippen LogP contribution in [-0.4, -0.2) is 25.9 Å². The van der Waals surface area contributed by atoms with Crippen molar-refractivity contribution in [3.8, 4) is 11.5 Å². The Balaban J connectivity index is 2.36. The molecule has 4 nitrogen and oxygen atoms in total. The molecule has 0 aliphatic carbocycles. The molecule has 2 rings (SSSR count). The number of nitrogens with zero attached hydrogens (tertiary/aromatic N) is 4. The second-order valence-corrected chi connectivity index (χ2v) is 5.10. The first-order valence-corrected chi connectivity index (χ1v) is 6.79. The predicted molar refractivity (Wildman–Crippen MR) is 71.0 cm³/mol. The topological polar surface area (TPSA) is 43.6 Å². The standard InChI is InChI=1S/C12H12BrF3N4/c1-2-8(6-12(14,15)16)20-7-17-19-11(20)9-4-3-5-10(13)18-9/h3-5,7-8H,2,6H2,1H3/t8-/m0/s1. The molecule has 1 atom stereocenters. The van der Waals surface area contributed by atoms with E-state index in [-0.39, 0.29) is 0 Å². The second kappa shape index (κ2) is 5.90. The fourth-order valence-electron chi connectivity index (χ4n) is 1.93. The number of hydrogen-bond acceptors (Lipinski definition) is 3. The van der Waals surface area contributed by atoms with Crippen LogP contribution in [0.3, 0.4) is 0 Å². The van der Waals surface area contributed by atoms with Crippen LogP contribution in [0.1, 0.15) is 25.8 Å². The van der Waals surface area contributed by atoms with Crippen molar-refractivity contribution >= 4 is 15.9 Å². The van der Waals surface area contributed by atoms with Crippen molar-refractivity contribution in [2.24, 2.45) is 0 Å². The van der Waals surface area contributed by atoms with E-state index in [2.05, 4.69) is 31.1 Å². The molecule has 0 saturated heterocycles. The summed E-state index contributed by atoms with van der Waals surface area (Å²) >= 11 is 3.23. The summed E-state index contributed by atoms with van der Waals surface area (Å²) in [6, 6.07) is 4.43. The Kier molecular flexibility index (Phi) is 4.42. The summed E-state index contributed by atoms with van der Waals surface area (Å²) in [6.45, 7) is 1.70. The van der Waals surface area contributed by atoms with Crippen LogP contribution in [0.2, 0.25) is 0 Å². The number of rotatable bonds is 4. The third kappa shape index (κ3) is 3.56. The highest BCUT2D eigenvalue weighted by Gasteiger charge is 2.33. The summed E-state index contributed by atoms with van der Waals surface area (Å²) in [5.41, 5.74) is 0.484. The lowest BCUT2D eigenvalue weighted by Crippen LogP contribution is -2.18. The SMILES string of the molecule is CC[C@@H](CC(F)(F)F)n1cnnc1-c1cccc(Br)n1. The van der Waals surface area contributed by atoms with Gasteiger partial charge in [0.05, 0.1) is 6.42 Å². The summed E-state index contributed by atoms with van der Waals surface area (Å²) in [5.74, 6) is 0.336. The first-order chi connectivity index (χ1) is 9.40. The van der Waals surface area contributed by atoms with E-state index in [1.54, 1.807) is 25.1 Å². The Morgan fingerprint density at radius 2 is 2.10 bits per heavy atom. The van der Waals surface area contributed by atoms with Gasteiger partial charge in [-0.25, -0.2) is 4.98 Å². The molecule has 0 amide bonds. The monoisotopic (exact) mass is 348 g/mol. The minimum Gasteiger partial charge on any atom is -0.309 e. The van der Waals surface area contributed by atoms with Crippen molar-refractivity contribution in [3.05, 3.63) is 29.1 Å². The zero-order chi connectivity index (χ0) is 14.8. The minimum absolute atomic E-state index is 0.332. The van der Waals surface area contributed by atoms with Gasteiger partial charge in [0.15, 0.2) is 5.82 Å². The molecule has 0 aromatic carbocycles. The van der Waals surface area contributed by atoms with Crippen LogP contribution < -0.4 is 0 Å². The van der Waals surface area contributed by atoms with Crippen LogP contribution in [0.4, 0.5) is 13.2 Å². The lowest BCUT2D eigenvalue weighted by molar-refractivity contribution is -0.143. The number of hydrogen-bond donors (Lipinski definition) is 0. The zero-order valence-electron chi connectivity index (χ0n) is 10.6. The van der Waals surface area contributed by atoms with Gasteiger partial charge in [0.25, 0.3) is 0 Å². The summed E-state index contributed by atoms with van der Waals surface area (Å²) in [7, 11) is 0. The van der Waals surface area contributed by atoms with Gasteiger partial charge in [0.1, 0.15) is 16.6 Å². The molecular weight excluding hydrogens is 337 g/mol. The number of halogens is 4. The summed E-state index contributed by atoms with van der Waals surface area (Å²) in [4.78, 5) is 4.20. The van der Waals surface area contributed by atoms with E-state index < -0.39 is 18.6 Å². The van der Waals surface area contributed by atoms with E-state index >= 15 is 0 Å². The molecule has 20 heavy (non-hydrogen) atoms. The molecule has 8 heteroatoms. The van der Waals surface area contributed by atoms with E-state index in [1.165, 1.54) is 10.9 Å². The Morgan fingerprint density at radius 1 is 1.35 bits per heavy atom. The van der Waals surface area contributed by atoms with Crippen LogP contribution >= 0.6 is 15.9 Å². The highest BCUT2D eigenvalue weighted by Crippen LogP contribution is 2.32. The first kappa shape index (κ1) is 15.0. The third-order valence-electron chi connectivity index (χ3n) is 2.85. The predicted octanol–water partition coefficient (Wildman–Crippen LogP) is 4.01. The Labute approximate surface area is 122 Å². The van der Waals surface area contributed by atoms with Gasteiger partial charge in [-0.05, 0) is 34.5 Å². The van der Waals surface area contributed by atoms with Crippen LogP contribution in [0.5, 0.6) is 0 Å². The van der Waals surface area contributed by atoms with Crippen LogP contribution in [0.25, 0.3) is 11.5 Å². The van der Waals surface area contributed by atoms with Gasteiger partial charge >= 0.3 is 6.18 Å². The van der Waals surface area contributed by atoms with Crippen LogP contribution in [-0.2, 0) is 0 Å². The molecule has 0 saturated carbocycles. The maximum atomic E-state index is 12.6. The lowest BCUT2D eigenvalue weighted by Gasteiger charge is -2.19. The average molecular weight is 349 g/mol. The molecule has 0 spiro atoms. The van der Waals surface area contributed by atoms with E-state index in [0.29, 0.717) is 22.5 Å². The van der Waals surface area contributed by atoms with Crippen molar-refractivity contribution < 1.29 is 13.2 Å². The van der Waals surface area contributed by atoms with Gasteiger partial charge in [-0.1, -0.05) is 13.0 Å². The molecular formula is C12H12BrF3N4. The van der Waals surface area contributed by atoms with Crippen LogP contribution in [0.15, 0.2) is 29.1 Å². The molecule has 0 aliphatic rings. The highest BCUT2D eigenvalue weighted by molar-refractivity contribution is 9.10. The zero-order valence-corrected chi connectivity index (χ0v) is 12.2. The minimum atomic E-state index is -4.23. The Bertz CT molecular complexity index is 582. The first-order valence-electron chi connectivity index (χ1n) is 6.00. The van der Waals surface area contributed by atoms with Gasteiger partial charge < -0.3 is 4.57 Å². The smallest absolute Gasteiger partial charge is 0.309 e. The molecule has 2 aromatic heterocycles. The van der Waals surface area contributed by atoms with Gasteiger partial charge in [-0.2, -0.15) is 13.2 Å². The van der Waals surface area contributed by atoms with E-state index in [9.17, 15) is 13.2 Å². The molecule has 0 aliphatic heterocycles. The van der Waals surface area contributed by atoms with Gasteiger partial charge in [0, 0.05) is 6.04 Å². The second-order valence-electron chi connectivity index (χ2n) is 4.29. The summed E-state index contributed by atoms with van der Waals surface area (Å²) in [5, 5.41) is 7.61.